The molecule has 0 aliphatic rings. The zero-order valence-corrected chi connectivity index (χ0v) is 19.6. The molecule has 0 radical (unpaired) electrons. The molecule has 1 heterocycles. The molecule has 0 aliphatic heterocycles. The molecule has 1 atom stereocenters. The molecule has 162 valence electrons. The van der Waals surface area contributed by atoms with Crippen molar-refractivity contribution in [1.82, 2.24) is 20.2 Å². The summed E-state index contributed by atoms with van der Waals surface area (Å²) in [5.41, 5.74) is 2.41. The van der Waals surface area contributed by atoms with E-state index in [0.29, 0.717) is 19.0 Å². The average Bonchev–Trinajstić information content (AvgIpc) is 3.04. The van der Waals surface area contributed by atoms with Crippen molar-refractivity contribution < 1.29 is 9.50 Å². The Labute approximate surface area is 193 Å². The van der Waals surface area contributed by atoms with E-state index in [9.17, 15) is 9.50 Å². The summed E-state index contributed by atoms with van der Waals surface area (Å²) in [6, 6.07) is 14.3. The van der Waals surface area contributed by atoms with Gasteiger partial charge in [-0.1, -0.05) is 30.3 Å². The van der Waals surface area contributed by atoms with Gasteiger partial charge in [-0.15, -0.1) is 24.0 Å². The van der Waals surface area contributed by atoms with E-state index in [0.717, 1.165) is 29.8 Å². The van der Waals surface area contributed by atoms with E-state index in [4.69, 9.17) is 0 Å². The van der Waals surface area contributed by atoms with Gasteiger partial charge in [0.15, 0.2) is 5.96 Å². The minimum absolute atomic E-state index is 0. The van der Waals surface area contributed by atoms with Gasteiger partial charge in [-0.2, -0.15) is 0 Å². The summed E-state index contributed by atoms with van der Waals surface area (Å²) in [6.45, 7) is 6.34. The molecular formula is C22H29FIN5O. The van der Waals surface area contributed by atoms with E-state index >= 15 is 0 Å². The van der Waals surface area contributed by atoms with Crippen LogP contribution in [0.2, 0.25) is 0 Å². The molecule has 30 heavy (non-hydrogen) atoms. The first kappa shape index (κ1) is 24.1. The maximum atomic E-state index is 13.8. The molecule has 3 aromatic rings. The molecule has 3 N–H and O–H groups in total. The smallest absolute Gasteiger partial charge is 0.191 e. The minimum Gasteiger partial charge on any atom is -0.386 e. The second-order valence-electron chi connectivity index (χ2n) is 6.84. The lowest BCUT2D eigenvalue weighted by molar-refractivity contribution is 0.182. The molecular weight excluding hydrogens is 496 g/mol. The zero-order chi connectivity index (χ0) is 20.6. The Morgan fingerprint density at radius 2 is 1.90 bits per heavy atom. The molecule has 0 amide bonds. The second kappa shape index (κ2) is 11.8. The normalized spacial score (nSPS) is 12.5. The molecule has 0 fully saturated rings. The number of hydrogen-bond donors (Lipinski definition) is 3. The summed E-state index contributed by atoms with van der Waals surface area (Å²) in [5, 5.41) is 16.7. The standard InChI is InChI=1S/C22H28FN5O.HI/c1-3-24-22(26-15-21(29)17-9-4-5-10-18(17)23)25-13-8-14-28-16(2)27-19-11-6-7-12-20(19)28;/h4-7,9-12,21,29H,3,8,13-15H2,1-2H3,(H2,24,25,26);1H. The number of guanidine groups is 1. The number of aliphatic hydroxyl groups is 1. The van der Waals surface area contributed by atoms with Crippen molar-refractivity contribution in [3.05, 3.63) is 65.7 Å². The summed E-state index contributed by atoms with van der Waals surface area (Å²) >= 11 is 0. The fraction of sp³-hybridized carbons (Fsp3) is 0.364. The number of fused-ring (bicyclic) bond motifs is 1. The van der Waals surface area contributed by atoms with Crippen molar-refractivity contribution >= 4 is 41.0 Å². The van der Waals surface area contributed by atoms with E-state index in [-0.39, 0.29) is 36.1 Å². The number of nitrogens with one attached hydrogen (secondary N) is 2. The van der Waals surface area contributed by atoms with Gasteiger partial charge < -0.3 is 20.3 Å². The summed E-state index contributed by atoms with van der Waals surface area (Å²) in [4.78, 5) is 8.98. The van der Waals surface area contributed by atoms with E-state index in [2.05, 4.69) is 31.2 Å². The number of aromatic nitrogens is 2. The summed E-state index contributed by atoms with van der Waals surface area (Å²) in [7, 11) is 0. The number of para-hydroxylation sites is 2. The lowest BCUT2D eigenvalue weighted by Crippen LogP contribution is -2.38. The molecule has 0 bridgehead atoms. The van der Waals surface area contributed by atoms with Gasteiger partial charge >= 0.3 is 0 Å². The number of imidazole rings is 1. The third kappa shape index (κ3) is 6.15. The summed E-state index contributed by atoms with van der Waals surface area (Å²) in [6.07, 6.45) is -0.0896. The third-order valence-electron chi connectivity index (χ3n) is 4.73. The Morgan fingerprint density at radius 3 is 2.67 bits per heavy atom. The number of aryl methyl sites for hydroxylation is 2. The quantitative estimate of drug-likeness (QED) is 0.181. The Balaban J connectivity index is 0.00000320. The number of nitrogens with zero attached hydrogens (tertiary/aromatic N) is 3. The molecule has 2 aromatic carbocycles. The molecule has 8 heteroatoms. The average molecular weight is 525 g/mol. The van der Waals surface area contributed by atoms with Crippen LogP contribution in [0.4, 0.5) is 4.39 Å². The predicted octanol–water partition coefficient (Wildman–Crippen LogP) is 3.78. The van der Waals surface area contributed by atoms with E-state index in [1.165, 1.54) is 6.07 Å². The Bertz CT molecular complexity index is 975. The topological polar surface area (TPSA) is 74.5 Å². The monoisotopic (exact) mass is 525 g/mol. The molecule has 1 unspecified atom stereocenters. The van der Waals surface area contributed by atoms with Gasteiger partial charge in [-0.3, -0.25) is 4.99 Å². The van der Waals surface area contributed by atoms with Gasteiger partial charge in [0.2, 0.25) is 0 Å². The van der Waals surface area contributed by atoms with Gasteiger partial charge in [-0.25, -0.2) is 9.37 Å². The van der Waals surface area contributed by atoms with Crippen molar-refractivity contribution in [1.29, 1.82) is 0 Å². The fourth-order valence-corrected chi connectivity index (χ4v) is 3.29. The van der Waals surface area contributed by atoms with Crippen molar-refractivity contribution in [3.8, 4) is 0 Å². The van der Waals surface area contributed by atoms with Crippen LogP contribution in [-0.4, -0.2) is 40.3 Å². The van der Waals surface area contributed by atoms with Crippen LogP contribution in [0.25, 0.3) is 11.0 Å². The lowest BCUT2D eigenvalue weighted by atomic mass is 10.1. The third-order valence-corrected chi connectivity index (χ3v) is 4.73. The Kier molecular flexibility index (Phi) is 9.51. The van der Waals surface area contributed by atoms with Crippen molar-refractivity contribution in [2.45, 2.75) is 32.9 Å². The fourth-order valence-electron chi connectivity index (χ4n) is 3.29. The van der Waals surface area contributed by atoms with E-state index < -0.39 is 11.9 Å². The van der Waals surface area contributed by atoms with Gasteiger partial charge in [0.25, 0.3) is 0 Å². The van der Waals surface area contributed by atoms with Crippen LogP contribution in [0.15, 0.2) is 53.5 Å². The van der Waals surface area contributed by atoms with Gasteiger partial charge in [0.1, 0.15) is 17.7 Å². The molecule has 0 saturated carbocycles. The molecule has 0 saturated heterocycles. The highest BCUT2D eigenvalue weighted by molar-refractivity contribution is 14.0. The minimum atomic E-state index is -0.980. The highest BCUT2D eigenvalue weighted by Crippen LogP contribution is 2.17. The molecule has 0 aliphatic carbocycles. The maximum absolute atomic E-state index is 13.8. The van der Waals surface area contributed by atoms with Crippen LogP contribution in [0.5, 0.6) is 0 Å². The van der Waals surface area contributed by atoms with E-state index in [1.807, 2.05) is 32.0 Å². The SMILES string of the molecule is CCNC(=NCC(O)c1ccccc1F)NCCCn1c(C)nc2ccccc21.I. The van der Waals surface area contributed by atoms with Crippen molar-refractivity contribution in [3.63, 3.8) is 0 Å². The summed E-state index contributed by atoms with van der Waals surface area (Å²) in [5.74, 6) is 1.19. The Hall–Kier alpha value is -2.20. The largest absolute Gasteiger partial charge is 0.386 e. The zero-order valence-electron chi connectivity index (χ0n) is 17.3. The van der Waals surface area contributed by atoms with Crippen LogP contribution in [0.3, 0.4) is 0 Å². The number of rotatable bonds is 8. The maximum Gasteiger partial charge on any atom is 0.191 e. The molecule has 3 rings (SSSR count). The highest BCUT2D eigenvalue weighted by Gasteiger charge is 2.12. The first-order chi connectivity index (χ1) is 14.1. The highest BCUT2D eigenvalue weighted by atomic mass is 127. The van der Waals surface area contributed by atoms with Gasteiger partial charge in [-0.05, 0) is 38.5 Å². The number of hydrogen-bond acceptors (Lipinski definition) is 3. The van der Waals surface area contributed by atoms with Crippen molar-refractivity contribution in [2.24, 2.45) is 4.99 Å². The lowest BCUT2D eigenvalue weighted by Gasteiger charge is -2.14. The van der Waals surface area contributed by atoms with Crippen LogP contribution < -0.4 is 10.6 Å². The van der Waals surface area contributed by atoms with Crippen LogP contribution in [0.1, 0.15) is 30.8 Å². The van der Waals surface area contributed by atoms with Crippen LogP contribution in [0, 0.1) is 12.7 Å². The number of aliphatic imine (C=N–C) groups is 1. The van der Waals surface area contributed by atoms with E-state index in [1.54, 1.807) is 18.2 Å². The first-order valence-corrected chi connectivity index (χ1v) is 9.96. The predicted molar refractivity (Wildman–Crippen MR) is 130 cm³/mol. The second-order valence-corrected chi connectivity index (χ2v) is 6.84. The number of aliphatic hydroxyl groups excluding tert-OH is 1. The number of benzene rings is 2. The van der Waals surface area contributed by atoms with Crippen LogP contribution in [-0.2, 0) is 6.54 Å². The van der Waals surface area contributed by atoms with Crippen molar-refractivity contribution in [2.75, 3.05) is 19.6 Å². The van der Waals surface area contributed by atoms with Crippen LogP contribution >= 0.6 is 24.0 Å². The summed E-state index contributed by atoms with van der Waals surface area (Å²) < 4.78 is 16.0. The van der Waals surface area contributed by atoms with Gasteiger partial charge in [0, 0.05) is 25.2 Å². The molecule has 1 aromatic heterocycles. The molecule has 0 spiro atoms. The first-order valence-electron chi connectivity index (χ1n) is 9.96. The van der Waals surface area contributed by atoms with Gasteiger partial charge in [0.05, 0.1) is 17.6 Å². The Morgan fingerprint density at radius 1 is 1.17 bits per heavy atom. The molecule has 6 nitrogen and oxygen atoms in total. The number of halogens is 2.